The highest BCUT2D eigenvalue weighted by Gasteiger charge is 2.29. The van der Waals surface area contributed by atoms with Crippen LogP contribution in [-0.2, 0) is 31.4 Å². The summed E-state index contributed by atoms with van der Waals surface area (Å²) in [6.45, 7) is 9.46. The van der Waals surface area contributed by atoms with Gasteiger partial charge < -0.3 is 9.64 Å². The largest absolute Gasteiger partial charge is 0.481 e. The van der Waals surface area contributed by atoms with E-state index in [4.69, 9.17) is 19.9 Å². The van der Waals surface area contributed by atoms with Gasteiger partial charge in [0.1, 0.15) is 0 Å². The minimum atomic E-state index is 0.0536. The van der Waals surface area contributed by atoms with E-state index in [2.05, 4.69) is 26.1 Å². The molecule has 4 heterocycles. The van der Waals surface area contributed by atoms with Crippen molar-refractivity contribution in [3.8, 4) is 17.0 Å². The number of carbonyl (C=O) groups excluding carboxylic acids is 1. The van der Waals surface area contributed by atoms with Crippen LogP contribution in [-0.4, -0.2) is 48.5 Å². The molecule has 34 heavy (non-hydrogen) atoms. The van der Waals surface area contributed by atoms with Gasteiger partial charge in [0.05, 0.1) is 36.3 Å². The molecule has 8 heteroatoms. The fourth-order valence-corrected chi connectivity index (χ4v) is 5.26. The standard InChI is InChI=1S/C26H32N6O2/c1-15(2)32-14-22-25(26(34-6)30(5)29-22)18-11-19-21(27-12-18)10-16(3)24(19)20-13-31(28-17(20)4)9-7-8-23(32)33/h11-13,15H,7-10,14H2,1-6H3. The van der Waals surface area contributed by atoms with E-state index in [1.165, 1.54) is 11.1 Å². The molecule has 1 aliphatic carbocycles. The molecule has 3 aromatic rings. The van der Waals surface area contributed by atoms with Gasteiger partial charge >= 0.3 is 0 Å². The van der Waals surface area contributed by atoms with Crippen molar-refractivity contribution in [1.29, 1.82) is 0 Å². The van der Waals surface area contributed by atoms with E-state index in [-0.39, 0.29) is 11.9 Å². The maximum absolute atomic E-state index is 13.2. The molecule has 0 fully saturated rings. The van der Waals surface area contributed by atoms with Crippen molar-refractivity contribution in [2.24, 2.45) is 7.05 Å². The summed E-state index contributed by atoms with van der Waals surface area (Å²) in [4.78, 5) is 20.0. The van der Waals surface area contributed by atoms with Crippen molar-refractivity contribution in [3.63, 3.8) is 0 Å². The molecule has 0 atom stereocenters. The third-order valence-electron chi connectivity index (χ3n) is 6.91. The van der Waals surface area contributed by atoms with Gasteiger partial charge in [-0.15, -0.1) is 0 Å². The molecule has 5 rings (SSSR count). The van der Waals surface area contributed by atoms with Crippen LogP contribution in [0.5, 0.6) is 5.88 Å². The first-order chi connectivity index (χ1) is 16.3. The smallest absolute Gasteiger partial charge is 0.223 e. The van der Waals surface area contributed by atoms with Crippen molar-refractivity contribution < 1.29 is 9.53 Å². The van der Waals surface area contributed by atoms with Gasteiger partial charge in [-0.05, 0) is 45.8 Å². The molecule has 2 aliphatic rings. The number of aromatic nitrogens is 5. The fourth-order valence-electron chi connectivity index (χ4n) is 5.26. The summed E-state index contributed by atoms with van der Waals surface area (Å²) < 4.78 is 9.50. The zero-order valence-electron chi connectivity index (χ0n) is 20.8. The Balaban J connectivity index is 1.74. The minimum Gasteiger partial charge on any atom is -0.481 e. The van der Waals surface area contributed by atoms with Gasteiger partial charge in [0, 0.05) is 61.6 Å². The second kappa shape index (κ2) is 8.42. The quantitative estimate of drug-likeness (QED) is 0.580. The number of carbonyl (C=O) groups is 1. The summed E-state index contributed by atoms with van der Waals surface area (Å²) in [6, 6.07) is 2.26. The highest BCUT2D eigenvalue weighted by atomic mass is 16.5. The van der Waals surface area contributed by atoms with E-state index >= 15 is 0 Å². The van der Waals surface area contributed by atoms with Crippen LogP contribution in [0, 0.1) is 6.92 Å². The predicted molar refractivity (Wildman–Crippen MR) is 130 cm³/mol. The van der Waals surface area contributed by atoms with E-state index in [9.17, 15) is 4.79 Å². The van der Waals surface area contributed by atoms with Gasteiger partial charge in [-0.2, -0.15) is 10.2 Å². The molecular weight excluding hydrogens is 428 g/mol. The van der Waals surface area contributed by atoms with E-state index in [1.54, 1.807) is 11.8 Å². The third-order valence-corrected chi connectivity index (χ3v) is 6.91. The Hall–Kier alpha value is -3.42. The molecule has 1 amide bonds. The number of aryl methyl sites for hydroxylation is 3. The van der Waals surface area contributed by atoms with Crippen molar-refractivity contribution in [2.75, 3.05) is 7.11 Å². The van der Waals surface area contributed by atoms with Gasteiger partial charge in [-0.25, -0.2) is 4.68 Å². The van der Waals surface area contributed by atoms with Crippen LogP contribution in [0.2, 0.25) is 0 Å². The Morgan fingerprint density at radius 2 is 1.91 bits per heavy atom. The van der Waals surface area contributed by atoms with Gasteiger partial charge in [-0.1, -0.05) is 5.57 Å². The molecule has 0 N–H and O–H groups in total. The number of hydrogen-bond donors (Lipinski definition) is 0. The van der Waals surface area contributed by atoms with E-state index in [1.807, 2.05) is 36.7 Å². The zero-order chi connectivity index (χ0) is 24.1. The van der Waals surface area contributed by atoms with Crippen LogP contribution < -0.4 is 4.74 Å². The second-order valence-electron chi connectivity index (χ2n) is 9.62. The fraction of sp³-hybridized carbons (Fsp3) is 0.462. The first-order valence-electron chi connectivity index (χ1n) is 11.9. The lowest BCUT2D eigenvalue weighted by Gasteiger charge is -2.26. The number of amides is 1. The van der Waals surface area contributed by atoms with Gasteiger partial charge in [0.25, 0.3) is 0 Å². The predicted octanol–water partition coefficient (Wildman–Crippen LogP) is 3.90. The minimum absolute atomic E-state index is 0.0536. The van der Waals surface area contributed by atoms with Crippen LogP contribution in [0.15, 0.2) is 24.0 Å². The molecule has 0 aromatic carbocycles. The van der Waals surface area contributed by atoms with Gasteiger partial charge in [-0.3, -0.25) is 14.5 Å². The first-order valence-corrected chi connectivity index (χ1v) is 11.9. The van der Waals surface area contributed by atoms with Crippen LogP contribution in [0.25, 0.3) is 16.7 Å². The van der Waals surface area contributed by atoms with Crippen LogP contribution in [0.4, 0.5) is 0 Å². The summed E-state index contributed by atoms with van der Waals surface area (Å²) in [6.07, 6.45) is 6.07. The SMILES string of the molecule is COc1c2c(nn1C)CN(C(C)C)C(=O)CCCn1cc(c(C)n1)C1=C(C)Cc3ncc-2cc31. The van der Waals surface area contributed by atoms with Crippen molar-refractivity contribution in [1.82, 2.24) is 29.4 Å². The van der Waals surface area contributed by atoms with Crippen molar-refractivity contribution in [3.05, 3.63) is 52.2 Å². The number of nitrogens with zero attached hydrogens (tertiary/aromatic N) is 6. The highest BCUT2D eigenvalue weighted by Crippen LogP contribution is 2.41. The summed E-state index contributed by atoms with van der Waals surface area (Å²) in [5.74, 6) is 0.790. The Labute approximate surface area is 200 Å². The molecule has 0 saturated heterocycles. The lowest BCUT2D eigenvalue weighted by Crippen LogP contribution is -2.36. The Kier molecular flexibility index (Phi) is 5.54. The summed E-state index contributed by atoms with van der Waals surface area (Å²) in [7, 11) is 3.53. The molecule has 8 nitrogen and oxygen atoms in total. The second-order valence-corrected chi connectivity index (χ2v) is 9.62. The maximum Gasteiger partial charge on any atom is 0.223 e. The summed E-state index contributed by atoms with van der Waals surface area (Å²) in [5, 5.41) is 9.54. The topological polar surface area (TPSA) is 78.1 Å². The molecule has 178 valence electrons. The molecule has 0 unspecified atom stereocenters. The van der Waals surface area contributed by atoms with E-state index in [0.717, 1.165) is 52.2 Å². The number of fused-ring (bicyclic) bond motifs is 6. The lowest BCUT2D eigenvalue weighted by atomic mass is 9.97. The number of pyridine rings is 1. The molecular formula is C26H32N6O2. The summed E-state index contributed by atoms with van der Waals surface area (Å²) >= 11 is 0. The average Bonchev–Trinajstić information content (AvgIpc) is 3.41. The van der Waals surface area contributed by atoms with E-state index < -0.39 is 0 Å². The number of ether oxygens (including phenoxy) is 1. The third kappa shape index (κ3) is 3.61. The van der Waals surface area contributed by atoms with Gasteiger partial charge in [0.2, 0.25) is 11.8 Å². The Morgan fingerprint density at radius 1 is 1.12 bits per heavy atom. The molecule has 0 radical (unpaired) electrons. The Bertz CT molecular complexity index is 1310. The van der Waals surface area contributed by atoms with Crippen LogP contribution in [0.1, 0.15) is 61.8 Å². The molecule has 3 aromatic heterocycles. The molecule has 0 saturated carbocycles. The van der Waals surface area contributed by atoms with Crippen molar-refractivity contribution >= 4 is 11.5 Å². The average molecular weight is 461 g/mol. The highest BCUT2D eigenvalue weighted by molar-refractivity contribution is 5.89. The monoisotopic (exact) mass is 460 g/mol. The summed E-state index contributed by atoms with van der Waals surface area (Å²) in [5.41, 5.74) is 9.52. The molecule has 0 spiro atoms. The van der Waals surface area contributed by atoms with Gasteiger partial charge in [0.15, 0.2) is 0 Å². The van der Waals surface area contributed by atoms with Crippen LogP contribution >= 0.6 is 0 Å². The number of methoxy groups -OCH3 is 1. The first kappa shape index (κ1) is 22.4. The normalized spacial score (nSPS) is 16.1. The Morgan fingerprint density at radius 3 is 2.65 bits per heavy atom. The molecule has 1 aliphatic heterocycles. The number of rotatable bonds is 2. The molecule has 4 bridgehead atoms. The lowest BCUT2D eigenvalue weighted by molar-refractivity contribution is -0.133. The number of allylic oxidation sites excluding steroid dienone is 1. The maximum atomic E-state index is 13.2. The van der Waals surface area contributed by atoms with Crippen LogP contribution in [0.3, 0.4) is 0 Å². The number of hydrogen-bond acceptors (Lipinski definition) is 5. The zero-order valence-corrected chi connectivity index (χ0v) is 20.8. The van der Waals surface area contributed by atoms with E-state index in [0.29, 0.717) is 25.4 Å². The van der Waals surface area contributed by atoms with Crippen molar-refractivity contribution in [2.45, 2.75) is 66.1 Å².